The molecule has 1 saturated heterocycles. The number of aliphatic hydroxyl groups is 1. The summed E-state index contributed by atoms with van der Waals surface area (Å²) < 4.78 is 6.64. The summed E-state index contributed by atoms with van der Waals surface area (Å²) in [7, 11) is 0. The van der Waals surface area contributed by atoms with E-state index in [4.69, 9.17) is 4.74 Å². The minimum absolute atomic E-state index is 0.106. The van der Waals surface area contributed by atoms with Gasteiger partial charge in [-0.2, -0.15) is 0 Å². The van der Waals surface area contributed by atoms with Crippen molar-refractivity contribution >= 4 is 15.9 Å². The van der Waals surface area contributed by atoms with Crippen LogP contribution in [0.1, 0.15) is 19.0 Å². The van der Waals surface area contributed by atoms with E-state index in [1.165, 1.54) is 0 Å². The normalized spacial score (nSPS) is 22.4. The molecule has 1 N–H and O–H groups in total. The van der Waals surface area contributed by atoms with Gasteiger partial charge >= 0.3 is 0 Å². The number of hydrogen-bond acceptors (Lipinski definition) is 4. The molecule has 2 rings (SSSR count). The molecule has 19 heavy (non-hydrogen) atoms. The number of rotatable bonds is 5. The summed E-state index contributed by atoms with van der Waals surface area (Å²) in [6.07, 6.45) is 2.83. The van der Waals surface area contributed by atoms with Crippen LogP contribution in [0.25, 0.3) is 0 Å². The Morgan fingerprint density at radius 2 is 2.42 bits per heavy atom. The van der Waals surface area contributed by atoms with Crippen molar-refractivity contribution in [2.75, 3.05) is 26.2 Å². The summed E-state index contributed by atoms with van der Waals surface area (Å²) in [5.74, 6) is 0. The third-order valence-corrected chi connectivity index (χ3v) is 3.82. The molecular weight excluding hydrogens is 308 g/mol. The van der Waals surface area contributed by atoms with Gasteiger partial charge in [-0.25, -0.2) is 0 Å². The van der Waals surface area contributed by atoms with Gasteiger partial charge in [0.05, 0.1) is 18.8 Å². The quantitative estimate of drug-likeness (QED) is 0.896. The highest BCUT2D eigenvalue weighted by molar-refractivity contribution is 9.10. The van der Waals surface area contributed by atoms with Gasteiger partial charge in [0.1, 0.15) is 0 Å². The van der Waals surface area contributed by atoms with Crippen molar-refractivity contribution in [3.8, 4) is 0 Å². The second kappa shape index (κ2) is 7.33. The Kier molecular flexibility index (Phi) is 5.76. The van der Waals surface area contributed by atoms with Crippen molar-refractivity contribution in [1.29, 1.82) is 0 Å². The van der Waals surface area contributed by atoms with Crippen LogP contribution in [-0.4, -0.2) is 53.4 Å². The van der Waals surface area contributed by atoms with E-state index in [1.807, 2.05) is 12.1 Å². The van der Waals surface area contributed by atoms with Gasteiger partial charge in [0, 0.05) is 35.9 Å². The smallest absolute Gasteiger partial charge is 0.0964 e. The van der Waals surface area contributed by atoms with Gasteiger partial charge in [0.15, 0.2) is 0 Å². The number of halogens is 1. The Labute approximate surface area is 122 Å². The zero-order chi connectivity index (χ0) is 13.7. The van der Waals surface area contributed by atoms with Gasteiger partial charge in [-0.05, 0) is 41.0 Å². The molecule has 0 spiro atoms. The lowest BCUT2D eigenvalue weighted by atomic mass is 10.1. The van der Waals surface area contributed by atoms with Crippen LogP contribution in [0.4, 0.5) is 0 Å². The van der Waals surface area contributed by atoms with Crippen LogP contribution in [0.2, 0.25) is 0 Å². The number of aliphatic hydroxyl groups excluding tert-OH is 1. The van der Waals surface area contributed by atoms with Crippen molar-refractivity contribution in [3.05, 3.63) is 28.5 Å². The van der Waals surface area contributed by atoms with Gasteiger partial charge in [-0.15, -0.1) is 0 Å². The Hall–Kier alpha value is -0.490. The van der Waals surface area contributed by atoms with Crippen molar-refractivity contribution in [2.45, 2.75) is 32.0 Å². The van der Waals surface area contributed by atoms with E-state index >= 15 is 0 Å². The first kappa shape index (κ1) is 14.9. The topological polar surface area (TPSA) is 45.6 Å². The largest absolute Gasteiger partial charge is 0.390 e. The standard InChI is InChI=1S/C14H21BrN2O2/c1-2-5-17-6-7-19-14(10-17)13(18)8-12-4-3-11(15)9-16-12/h3-4,9,13-14,18H,2,5-8,10H2,1H3. The highest BCUT2D eigenvalue weighted by atomic mass is 79.9. The number of hydrogen-bond donors (Lipinski definition) is 1. The van der Waals surface area contributed by atoms with E-state index in [1.54, 1.807) is 6.20 Å². The summed E-state index contributed by atoms with van der Waals surface area (Å²) in [5, 5.41) is 10.3. The summed E-state index contributed by atoms with van der Waals surface area (Å²) in [6, 6.07) is 3.88. The predicted octanol–water partition coefficient (Wildman–Crippen LogP) is 1.86. The van der Waals surface area contributed by atoms with Gasteiger partial charge in [0.25, 0.3) is 0 Å². The lowest BCUT2D eigenvalue weighted by molar-refractivity contribution is -0.0879. The van der Waals surface area contributed by atoms with E-state index in [9.17, 15) is 5.11 Å². The second-order valence-corrected chi connectivity index (χ2v) is 5.86. The summed E-state index contributed by atoms with van der Waals surface area (Å²) >= 11 is 3.36. The van der Waals surface area contributed by atoms with Gasteiger partial charge < -0.3 is 9.84 Å². The molecule has 0 radical (unpaired) electrons. The first-order valence-electron chi connectivity index (χ1n) is 6.81. The van der Waals surface area contributed by atoms with Crippen LogP contribution < -0.4 is 0 Å². The molecule has 1 aliphatic rings. The number of aromatic nitrogens is 1. The highest BCUT2D eigenvalue weighted by Crippen LogP contribution is 2.14. The average molecular weight is 329 g/mol. The van der Waals surface area contributed by atoms with E-state index < -0.39 is 6.10 Å². The van der Waals surface area contributed by atoms with Gasteiger partial charge in [0.2, 0.25) is 0 Å². The third-order valence-electron chi connectivity index (χ3n) is 3.35. The monoisotopic (exact) mass is 328 g/mol. The Bertz CT molecular complexity index is 384. The Morgan fingerprint density at radius 3 is 3.11 bits per heavy atom. The molecule has 0 amide bonds. The predicted molar refractivity (Wildman–Crippen MR) is 78.1 cm³/mol. The van der Waals surface area contributed by atoms with E-state index in [0.29, 0.717) is 13.0 Å². The number of ether oxygens (including phenoxy) is 1. The zero-order valence-electron chi connectivity index (χ0n) is 11.3. The fourth-order valence-electron chi connectivity index (χ4n) is 2.36. The first-order valence-corrected chi connectivity index (χ1v) is 7.60. The molecule has 0 bridgehead atoms. The number of morpholine rings is 1. The van der Waals surface area contributed by atoms with Crippen LogP contribution >= 0.6 is 15.9 Å². The van der Waals surface area contributed by atoms with Crippen LogP contribution in [0.15, 0.2) is 22.8 Å². The maximum atomic E-state index is 10.3. The van der Waals surface area contributed by atoms with Crippen molar-refractivity contribution in [2.24, 2.45) is 0 Å². The zero-order valence-corrected chi connectivity index (χ0v) is 12.8. The molecule has 1 fully saturated rings. The van der Waals surface area contributed by atoms with Crippen LogP contribution in [0.3, 0.4) is 0 Å². The lowest BCUT2D eigenvalue weighted by Crippen LogP contribution is -2.48. The molecule has 2 heterocycles. The Morgan fingerprint density at radius 1 is 1.58 bits per heavy atom. The van der Waals surface area contributed by atoms with Gasteiger partial charge in [-0.1, -0.05) is 6.92 Å². The van der Waals surface area contributed by atoms with E-state index in [-0.39, 0.29) is 6.10 Å². The summed E-state index contributed by atoms with van der Waals surface area (Å²) in [6.45, 7) is 5.73. The fraction of sp³-hybridized carbons (Fsp3) is 0.643. The summed E-state index contributed by atoms with van der Waals surface area (Å²) in [5.41, 5.74) is 0.895. The number of pyridine rings is 1. The molecule has 0 saturated carbocycles. The van der Waals surface area contributed by atoms with Crippen molar-refractivity contribution in [1.82, 2.24) is 9.88 Å². The van der Waals surface area contributed by atoms with Crippen LogP contribution in [0.5, 0.6) is 0 Å². The SMILES string of the molecule is CCCN1CCOC(C(O)Cc2ccc(Br)cn2)C1. The summed E-state index contributed by atoms with van der Waals surface area (Å²) in [4.78, 5) is 6.65. The minimum Gasteiger partial charge on any atom is -0.390 e. The fourth-order valence-corrected chi connectivity index (χ4v) is 2.59. The lowest BCUT2D eigenvalue weighted by Gasteiger charge is -2.35. The molecule has 106 valence electrons. The molecule has 2 unspecified atom stereocenters. The van der Waals surface area contributed by atoms with Crippen LogP contribution in [-0.2, 0) is 11.2 Å². The second-order valence-electron chi connectivity index (χ2n) is 4.95. The first-order chi connectivity index (χ1) is 9.19. The third kappa shape index (κ3) is 4.53. The maximum absolute atomic E-state index is 10.3. The minimum atomic E-state index is -0.492. The molecule has 1 aromatic rings. The molecule has 4 nitrogen and oxygen atoms in total. The molecule has 1 aliphatic heterocycles. The van der Waals surface area contributed by atoms with Gasteiger partial charge in [-0.3, -0.25) is 9.88 Å². The maximum Gasteiger partial charge on any atom is 0.0964 e. The molecule has 0 aliphatic carbocycles. The molecule has 5 heteroatoms. The van der Waals surface area contributed by atoms with Crippen molar-refractivity contribution < 1.29 is 9.84 Å². The molecular formula is C14H21BrN2O2. The van der Waals surface area contributed by atoms with Crippen molar-refractivity contribution in [3.63, 3.8) is 0 Å². The highest BCUT2D eigenvalue weighted by Gasteiger charge is 2.26. The molecule has 1 aromatic heterocycles. The average Bonchev–Trinajstić information content (AvgIpc) is 2.42. The van der Waals surface area contributed by atoms with Crippen LogP contribution in [0, 0.1) is 0 Å². The van der Waals surface area contributed by atoms with E-state index in [0.717, 1.165) is 36.2 Å². The molecule has 0 aromatic carbocycles. The van der Waals surface area contributed by atoms with E-state index in [2.05, 4.69) is 32.7 Å². The number of nitrogens with zero attached hydrogens (tertiary/aromatic N) is 2. The Balaban J connectivity index is 1.88. The molecule has 2 atom stereocenters.